The molecule has 4 aromatic rings. The van der Waals surface area contributed by atoms with Crippen molar-refractivity contribution in [3.63, 3.8) is 0 Å². The van der Waals surface area contributed by atoms with E-state index in [1.165, 1.54) is 24.3 Å². The lowest BCUT2D eigenvalue weighted by Gasteiger charge is -2.23. The SMILES string of the molecule is C[C@@H]1COCc2nc3cc(C(=O)Nc4ccc(OC(F)(F)Cl)cc4)cc(-c4cnccn4)c3n21. The van der Waals surface area contributed by atoms with Gasteiger partial charge in [0.15, 0.2) is 0 Å². The largest absolute Gasteiger partial charge is 0.487 e. The first kappa shape index (κ1) is 22.2. The van der Waals surface area contributed by atoms with Crippen LogP contribution in [0.15, 0.2) is 55.0 Å². The first-order chi connectivity index (χ1) is 16.3. The van der Waals surface area contributed by atoms with Crippen LogP contribution in [0.4, 0.5) is 14.5 Å². The predicted molar refractivity (Wildman–Crippen MR) is 121 cm³/mol. The van der Waals surface area contributed by atoms with Crippen molar-refractivity contribution in [1.29, 1.82) is 0 Å². The minimum absolute atomic E-state index is 0.0601. The van der Waals surface area contributed by atoms with Crippen LogP contribution in [0.2, 0.25) is 0 Å². The minimum Gasteiger partial charge on any atom is -0.420 e. The topological polar surface area (TPSA) is 91.2 Å². The number of imidazole rings is 1. The maximum atomic E-state index is 13.1. The number of nitrogens with zero attached hydrogens (tertiary/aromatic N) is 4. The van der Waals surface area contributed by atoms with Crippen LogP contribution in [-0.2, 0) is 11.3 Å². The van der Waals surface area contributed by atoms with E-state index in [0.717, 1.165) is 16.9 Å². The fourth-order valence-electron chi connectivity index (χ4n) is 3.96. The fraction of sp³-hybridized carbons (Fsp3) is 0.217. The highest BCUT2D eigenvalue weighted by Gasteiger charge is 2.28. The minimum atomic E-state index is -3.82. The summed E-state index contributed by atoms with van der Waals surface area (Å²) in [5.41, 5.74) is -0.265. The van der Waals surface area contributed by atoms with E-state index in [-0.39, 0.29) is 11.8 Å². The number of benzene rings is 2. The van der Waals surface area contributed by atoms with Crippen molar-refractivity contribution >= 4 is 34.2 Å². The number of amides is 1. The molecule has 5 rings (SSSR count). The van der Waals surface area contributed by atoms with Gasteiger partial charge < -0.3 is 19.4 Å². The third-order valence-corrected chi connectivity index (χ3v) is 5.41. The Morgan fingerprint density at radius 2 is 2.06 bits per heavy atom. The van der Waals surface area contributed by atoms with E-state index in [1.807, 2.05) is 6.92 Å². The van der Waals surface area contributed by atoms with Crippen molar-refractivity contribution in [3.05, 3.63) is 66.4 Å². The van der Waals surface area contributed by atoms with E-state index in [9.17, 15) is 13.6 Å². The number of carbonyl (C=O) groups is 1. The summed E-state index contributed by atoms with van der Waals surface area (Å²) in [4.78, 5) is 26.4. The number of hydrogen-bond donors (Lipinski definition) is 1. The van der Waals surface area contributed by atoms with Crippen molar-refractivity contribution in [2.45, 2.75) is 25.1 Å². The molecule has 0 bridgehead atoms. The van der Waals surface area contributed by atoms with Gasteiger partial charge in [0.2, 0.25) is 0 Å². The van der Waals surface area contributed by atoms with Crippen LogP contribution in [-0.4, -0.2) is 37.6 Å². The van der Waals surface area contributed by atoms with Crippen LogP contribution in [0.5, 0.6) is 5.75 Å². The summed E-state index contributed by atoms with van der Waals surface area (Å²) in [5, 5.41) is 2.75. The van der Waals surface area contributed by atoms with Gasteiger partial charge in [-0.3, -0.25) is 14.8 Å². The number of hydrogen-bond acceptors (Lipinski definition) is 6. The zero-order valence-electron chi connectivity index (χ0n) is 17.8. The lowest BCUT2D eigenvalue weighted by molar-refractivity contribution is -0.0964. The van der Waals surface area contributed by atoms with Crippen LogP contribution in [0.25, 0.3) is 22.3 Å². The maximum absolute atomic E-state index is 13.1. The molecular weight excluding hydrogens is 468 g/mol. The summed E-state index contributed by atoms with van der Waals surface area (Å²) in [6.45, 7) is 2.96. The second-order valence-electron chi connectivity index (χ2n) is 7.77. The molecule has 1 N–H and O–H groups in total. The molecule has 0 spiro atoms. The van der Waals surface area contributed by atoms with Gasteiger partial charge in [-0.1, -0.05) is 0 Å². The smallest absolute Gasteiger partial charge is 0.420 e. The zero-order valence-corrected chi connectivity index (χ0v) is 18.6. The molecule has 2 aromatic carbocycles. The van der Waals surface area contributed by atoms with Crippen LogP contribution in [0, 0.1) is 0 Å². The van der Waals surface area contributed by atoms with Crippen molar-refractivity contribution in [2.24, 2.45) is 0 Å². The summed E-state index contributed by atoms with van der Waals surface area (Å²) in [6, 6.07) is 8.94. The Bertz CT molecular complexity index is 1360. The standard InChI is InChI=1S/C23H18ClF2N5O3/c1-13-11-33-12-20-30-18-9-14(8-17(21(18)31(13)20)19-10-27-6-7-28-19)22(32)29-15-2-4-16(5-3-15)34-23(24,25)26/h2-10,13H,11-12H2,1H3,(H,29,32)/t13-/m1/s1. The van der Waals surface area contributed by atoms with Crippen molar-refractivity contribution in [2.75, 3.05) is 11.9 Å². The molecule has 0 saturated carbocycles. The summed E-state index contributed by atoms with van der Waals surface area (Å²) in [7, 11) is 0. The fourth-order valence-corrected chi connectivity index (χ4v) is 4.05. The lowest BCUT2D eigenvalue weighted by Crippen LogP contribution is -2.21. The number of carbonyl (C=O) groups excluding carboxylic acids is 1. The van der Waals surface area contributed by atoms with E-state index >= 15 is 0 Å². The Balaban J connectivity index is 1.52. The average Bonchev–Trinajstić information content (AvgIpc) is 3.19. The Labute approximate surface area is 197 Å². The molecule has 1 aliphatic heterocycles. The van der Waals surface area contributed by atoms with Crippen molar-refractivity contribution < 1.29 is 23.0 Å². The molecule has 3 heterocycles. The zero-order chi connectivity index (χ0) is 23.9. The molecule has 0 unspecified atom stereocenters. The lowest BCUT2D eigenvalue weighted by atomic mass is 10.0. The Hall–Kier alpha value is -3.63. The highest BCUT2D eigenvalue weighted by atomic mass is 35.5. The number of alkyl halides is 3. The number of nitrogens with one attached hydrogen (secondary N) is 1. The molecule has 0 aliphatic carbocycles. The molecule has 0 saturated heterocycles. The van der Waals surface area contributed by atoms with Gasteiger partial charge in [0.25, 0.3) is 5.91 Å². The molecule has 174 valence electrons. The van der Waals surface area contributed by atoms with Gasteiger partial charge in [0.05, 0.1) is 35.6 Å². The second kappa shape index (κ2) is 8.62. The third-order valence-electron chi connectivity index (χ3n) is 5.34. The predicted octanol–water partition coefficient (Wildman–Crippen LogP) is 5.00. The number of ether oxygens (including phenoxy) is 2. The van der Waals surface area contributed by atoms with E-state index in [0.29, 0.717) is 35.7 Å². The number of aromatic nitrogens is 4. The third kappa shape index (κ3) is 4.42. The first-order valence-corrected chi connectivity index (χ1v) is 10.7. The van der Waals surface area contributed by atoms with Crippen LogP contribution in [0.3, 0.4) is 0 Å². The molecule has 1 aliphatic rings. The number of anilines is 1. The Morgan fingerprint density at radius 3 is 2.76 bits per heavy atom. The Kier molecular flexibility index (Phi) is 5.62. The van der Waals surface area contributed by atoms with Gasteiger partial charge in [-0.15, -0.1) is 8.78 Å². The number of rotatable bonds is 5. The van der Waals surface area contributed by atoms with Gasteiger partial charge in [-0.05, 0) is 43.3 Å². The van der Waals surface area contributed by atoms with Gasteiger partial charge in [0, 0.05) is 40.8 Å². The molecular formula is C23H18ClF2N5O3. The molecule has 34 heavy (non-hydrogen) atoms. The average molecular weight is 486 g/mol. The number of halogens is 3. The highest BCUT2D eigenvalue weighted by molar-refractivity contribution is 6.20. The van der Waals surface area contributed by atoms with Crippen LogP contribution >= 0.6 is 11.6 Å². The molecule has 0 fully saturated rings. The van der Waals surface area contributed by atoms with Gasteiger partial charge in [0.1, 0.15) is 18.2 Å². The molecule has 1 amide bonds. The number of fused-ring (bicyclic) bond motifs is 3. The summed E-state index contributed by atoms with van der Waals surface area (Å²) < 4.78 is 37.6. The highest BCUT2D eigenvalue weighted by Crippen LogP contribution is 2.34. The van der Waals surface area contributed by atoms with Gasteiger partial charge in [-0.25, -0.2) is 4.98 Å². The molecule has 0 radical (unpaired) electrons. The molecule has 11 heteroatoms. The maximum Gasteiger partial charge on any atom is 0.487 e. The summed E-state index contributed by atoms with van der Waals surface area (Å²) in [5.74, 6) is 0.228. The van der Waals surface area contributed by atoms with Gasteiger partial charge >= 0.3 is 5.57 Å². The van der Waals surface area contributed by atoms with Crippen LogP contribution in [0.1, 0.15) is 29.1 Å². The summed E-state index contributed by atoms with van der Waals surface area (Å²) >= 11 is 4.78. The second-order valence-corrected chi connectivity index (χ2v) is 8.21. The van der Waals surface area contributed by atoms with Crippen molar-refractivity contribution in [3.8, 4) is 17.0 Å². The van der Waals surface area contributed by atoms with Gasteiger partial charge in [-0.2, -0.15) is 0 Å². The quantitative estimate of drug-likeness (QED) is 0.400. The van der Waals surface area contributed by atoms with E-state index < -0.39 is 11.5 Å². The van der Waals surface area contributed by atoms with E-state index in [1.54, 1.807) is 30.7 Å². The van der Waals surface area contributed by atoms with Crippen molar-refractivity contribution in [1.82, 2.24) is 19.5 Å². The normalized spacial score (nSPS) is 15.7. The van der Waals surface area contributed by atoms with E-state index in [4.69, 9.17) is 21.3 Å². The van der Waals surface area contributed by atoms with Crippen LogP contribution < -0.4 is 10.1 Å². The Morgan fingerprint density at radius 1 is 1.26 bits per heavy atom. The monoisotopic (exact) mass is 485 g/mol. The van der Waals surface area contributed by atoms with E-state index in [2.05, 4.69) is 24.6 Å². The molecule has 8 nitrogen and oxygen atoms in total. The molecule has 1 atom stereocenters. The first-order valence-electron chi connectivity index (χ1n) is 10.3. The summed E-state index contributed by atoms with van der Waals surface area (Å²) in [6.07, 6.45) is 4.79. The molecule has 2 aromatic heterocycles.